The molecule has 0 aromatic heterocycles. The third-order valence-electron chi connectivity index (χ3n) is 5.99. The summed E-state index contributed by atoms with van der Waals surface area (Å²) in [6.45, 7) is 0.538. The second-order valence-corrected chi connectivity index (χ2v) is 10.3. The lowest BCUT2D eigenvalue weighted by atomic mass is 9.87. The van der Waals surface area contributed by atoms with Crippen LogP contribution in [0, 0.1) is 0 Å². The number of carbonyl (C=O) groups is 3. The number of carbonyl (C=O) groups excluding carboxylic acids is 3. The van der Waals surface area contributed by atoms with E-state index < -0.39 is 27.6 Å². The Kier molecular flexibility index (Phi) is 6.42. The van der Waals surface area contributed by atoms with E-state index in [9.17, 15) is 22.8 Å². The van der Waals surface area contributed by atoms with Gasteiger partial charge in [0.1, 0.15) is 5.54 Å². The van der Waals surface area contributed by atoms with Gasteiger partial charge in [0.05, 0.1) is 10.9 Å². The number of hydrogen-bond acceptors (Lipinski definition) is 5. The maximum Gasteiger partial charge on any atom is 0.322 e. The minimum atomic E-state index is -3.88. The van der Waals surface area contributed by atoms with Crippen molar-refractivity contribution in [2.24, 2.45) is 0 Å². The normalized spacial score (nSPS) is 18.6. The second-order valence-electron chi connectivity index (χ2n) is 8.11. The van der Waals surface area contributed by atoms with E-state index in [1.54, 1.807) is 47.4 Å². The molecule has 2 aromatic carbocycles. The zero-order valence-electron chi connectivity index (χ0n) is 17.6. The van der Waals surface area contributed by atoms with Crippen molar-refractivity contribution in [3.63, 3.8) is 0 Å². The molecule has 1 atom stereocenters. The first-order valence-corrected chi connectivity index (χ1v) is 12.3. The Morgan fingerprint density at radius 3 is 2.27 bits per heavy atom. The van der Waals surface area contributed by atoms with Crippen molar-refractivity contribution in [2.45, 2.75) is 35.7 Å². The van der Waals surface area contributed by atoms with E-state index >= 15 is 0 Å². The van der Waals surface area contributed by atoms with Crippen molar-refractivity contribution in [1.29, 1.82) is 0 Å². The van der Waals surface area contributed by atoms with Crippen molar-refractivity contribution in [3.05, 3.63) is 65.2 Å². The Labute approximate surface area is 196 Å². The standard InChI is InChI=1S/C22H23ClN4O5S/c23-16-8-6-15(7-9-16)18(26-33(31,32)17-4-2-1-3-5-17)14-19(28)27-12-10-22(11-13-27)20(29)24-21(30)25-22/h1-9,18,26H,10-14H2,(H2,24,25,29,30)/t18-/m1/s1. The topological polar surface area (TPSA) is 125 Å². The van der Waals surface area contributed by atoms with Crippen molar-refractivity contribution in [3.8, 4) is 0 Å². The van der Waals surface area contributed by atoms with Crippen molar-refractivity contribution < 1.29 is 22.8 Å². The largest absolute Gasteiger partial charge is 0.342 e. The summed E-state index contributed by atoms with van der Waals surface area (Å²) in [6.07, 6.45) is 0.467. The van der Waals surface area contributed by atoms with Crippen LogP contribution < -0.4 is 15.4 Å². The number of benzene rings is 2. The molecule has 0 bridgehead atoms. The van der Waals surface area contributed by atoms with Gasteiger partial charge in [-0.2, -0.15) is 0 Å². The average molecular weight is 491 g/mol. The molecule has 9 nitrogen and oxygen atoms in total. The molecule has 2 aromatic rings. The Morgan fingerprint density at radius 1 is 1.06 bits per heavy atom. The molecule has 2 fully saturated rings. The lowest BCUT2D eigenvalue weighted by molar-refractivity contribution is -0.136. The van der Waals surface area contributed by atoms with E-state index in [2.05, 4.69) is 15.4 Å². The van der Waals surface area contributed by atoms with E-state index in [4.69, 9.17) is 11.6 Å². The number of imide groups is 1. The van der Waals surface area contributed by atoms with Crippen LogP contribution in [0.2, 0.25) is 5.02 Å². The van der Waals surface area contributed by atoms with Gasteiger partial charge in [0.15, 0.2) is 0 Å². The predicted octanol–water partition coefficient (Wildman–Crippen LogP) is 1.95. The van der Waals surface area contributed by atoms with Gasteiger partial charge in [0.25, 0.3) is 5.91 Å². The third-order valence-corrected chi connectivity index (χ3v) is 7.73. The summed E-state index contributed by atoms with van der Waals surface area (Å²) in [5, 5.41) is 5.39. The Balaban J connectivity index is 1.50. The van der Waals surface area contributed by atoms with Crippen molar-refractivity contribution in [2.75, 3.05) is 13.1 Å². The number of likely N-dealkylation sites (tertiary alicyclic amines) is 1. The fourth-order valence-electron chi connectivity index (χ4n) is 4.10. The molecule has 2 aliphatic heterocycles. The van der Waals surface area contributed by atoms with Gasteiger partial charge in [-0.1, -0.05) is 41.9 Å². The first-order valence-electron chi connectivity index (χ1n) is 10.4. The second kappa shape index (κ2) is 9.12. The number of piperidine rings is 1. The molecule has 174 valence electrons. The Hall–Kier alpha value is -2.95. The summed E-state index contributed by atoms with van der Waals surface area (Å²) < 4.78 is 28.5. The van der Waals surface area contributed by atoms with Crippen molar-refractivity contribution in [1.82, 2.24) is 20.3 Å². The number of hydrogen-bond donors (Lipinski definition) is 3. The number of amides is 4. The minimum absolute atomic E-state index is 0.0966. The monoisotopic (exact) mass is 490 g/mol. The molecular formula is C22H23ClN4O5S. The number of nitrogens with zero attached hydrogens (tertiary/aromatic N) is 1. The van der Waals surface area contributed by atoms with Gasteiger partial charge in [-0.05, 0) is 42.7 Å². The number of urea groups is 1. The summed E-state index contributed by atoms with van der Waals surface area (Å²) in [5.41, 5.74) is -0.388. The van der Waals surface area contributed by atoms with E-state index in [1.165, 1.54) is 12.1 Å². The van der Waals surface area contributed by atoms with Crippen LogP contribution in [0.1, 0.15) is 30.9 Å². The highest BCUT2D eigenvalue weighted by Crippen LogP contribution is 2.28. The summed E-state index contributed by atoms with van der Waals surface area (Å²) >= 11 is 5.98. The van der Waals surface area contributed by atoms with Gasteiger partial charge in [0.2, 0.25) is 15.9 Å². The highest BCUT2D eigenvalue weighted by atomic mass is 35.5. The van der Waals surface area contributed by atoms with Crippen LogP contribution in [0.3, 0.4) is 0 Å². The maximum absolute atomic E-state index is 13.1. The van der Waals surface area contributed by atoms with Gasteiger partial charge in [0, 0.05) is 24.5 Å². The molecule has 1 spiro atoms. The smallest absolute Gasteiger partial charge is 0.322 e. The molecule has 0 unspecified atom stereocenters. The first kappa shape index (κ1) is 23.2. The van der Waals surface area contributed by atoms with Crippen LogP contribution in [-0.4, -0.2) is 49.8 Å². The summed E-state index contributed by atoms with van der Waals surface area (Å²) in [6, 6.07) is 13.2. The molecule has 4 amide bonds. The molecule has 4 rings (SSSR count). The van der Waals surface area contributed by atoms with E-state index in [0.717, 1.165) is 0 Å². The third kappa shape index (κ3) is 5.02. The Bertz CT molecular complexity index is 1160. The highest BCUT2D eigenvalue weighted by Gasteiger charge is 2.48. The van der Waals surface area contributed by atoms with E-state index in [0.29, 0.717) is 10.6 Å². The lowest BCUT2D eigenvalue weighted by Gasteiger charge is -2.37. The maximum atomic E-state index is 13.1. The molecule has 33 heavy (non-hydrogen) atoms. The molecule has 2 aliphatic rings. The molecule has 0 radical (unpaired) electrons. The average Bonchev–Trinajstić information content (AvgIpc) is 3.07. The zero-order valence-corrected chi connectivity index (χ0v) is 19.2. The lowest BCUT2D eigenvalue weighted by Crippen LogP contribution is -2.56. The fraction of sp³-hybridized carbons (Fsp3) is 0.318. The fourth-order valence-corrected chi connectivity index (χ4v) is 5.47. The van der Waals surface area contributed by atoms with Crippen molar-refractivity contribution >= 4 is 39.5 Å². The molecule has 3 N–H and O–H groups in total. The summed E-state index contributed by atoms with van der Waals surface area (Å²) in [4.78, 5) is 38.4. The zero-order chi connectivity index (χ0) is 23.6. The van der Waals surface area contributed by atoms with Gasteiger partial charge in [-0.15, -0.1) is 0 Å². The van der Waals surface area contributed by atoms with Crippen LogP contribution in [0.25, 0.3) is 0 Å². The van der Waals surface area contributed by atoms with Gasteiger partial charge >= 0.3 is 6.03 Å². The highest BCUT2D eigenvalue weighted by molar-refractivity contribution is 7.89. The van der Waals surface area contributed by atoms with Crippen LogP contribution in [0.4, 0.5) is 4.79 Å². The van der Waals surface area contributed by atoms with Gasteiger partial charge in [-0.25, -0.2) is 17.9 Å². The van der Waals surface area contributed by atoms with Crippen LogP contribution in [-0.2, 0) is 19.6 Å². The summed E-state index contributed by atoms with van der Waals surface area (Å²) in [5.74, 6) is -0.639. The van der Waals surface area contributed by atoms with E-state index in [-0.39, 0.29) is 49.1 Å². The summed E-state index contributed by atoms with van der Waals surface area (Å²) in [7, 11) is -3.88. The van der Waals surface area contributed by atoms with Crippen LogP contribution >= 0.6 is 11.6 Å². The molecule has 2 heterocycles. The first-order chi connectivity index (χ1) is 15.7. The van der Waals surface area contributed by atoms with Crippen LogP contribution in [0.15, 0.2) is 59.5 Å². The number of halogens is 1. The molecule has 0 saturated carbocycles. The number of nitrogens with one attached hydrogen (secondary N) is 3. The predicted molar refractivity (Wildman–Crippen MR) is 121 cm³/mol. The molecule has 2 saturated heterocycles. The van der Waals surface area contributed by atoms with E-state index in [1.807, 2.05) is 0 Å². The molecular weight excluding hydrogens is 468 g/mol. The Morgan fingerprint density at radius 2 is 1.70 bits per heavy atom. The minimum Gasteiger partial charge on any atom is -0.342 e. The molecule has 11 heteroatoms. The van der Waals surface area contributed by atoms with Gasteiger partial charge < -0.3 is 10.2 Å². The SMILES string of the molecule is O=C1NC(=O)C2(CCN(C(=O)C[C@@H](NS(=O)(=O)c3ccccc3)c3ccc(Cl)cc3)CC2)N1. The number of sulfonamides is 1. The van der Waals surface area contributed by atoms with Gasteiger partial charge in [-0.3, -0.25) is 14.9 Å². The number of rotatable bonds is 6. The molecule has 0 aliphatic carbocycles. The van der Waals surface area contributed by atoms with Crippen LogP contribution in [0.5, 0.6) is 0 Å². The quantitative estimate of drug-likeness (QED) is 0.534.